The minimum Gasteiger partial charge on any atom is -0.310 e. The maximum absolute atomic E-state index is 2.59. The summed E-state index contributed by atoms with van der Waals surface area (Å²) in [6.07, 6.45) is 0. The first-order chi connectivity index (χ1) is 29.3. The predicted molar refractivity (Wildman–Crippen MR) is 282 cm³/mol. The zero-order valence-corrected chi connectivity index (χ0v) is 41.8. The number of aromatic nitrogens is 1. The Hall–Kier alpha value is -5.47. The fourth-order valence-corrected chi connectivity index (χ4v) is 14.3. The van der Waals surface area contributed by atoms with Crippen LogP contribution in [0.5, 0.6) is 0 Å². The van der Waals surface area contributed by atoms with Gasteiger partial charge >= 0.3 is 0 Å². The molecule has 0 N–H and O–H groups in total. The Bertz CT molecular complexity index is 3210. The first-order valence-electron chi connectivity index (χ1n) is 22.5. The molecule has 0 amide bonds. The topological polar surface area (TPSA) is 8.17 Å². The van der Waals surface area contributed by atoms with Gasteiger partial charge in [-0.15, -0.1) is 0 Å². The zero-order chi connectivity index (χ0) is 43.7. The van der Waals surface area contributed by atoms with Crippen LogP contribution in [-0.2, 0) is 5.41 Å². The van der Waals surface area contributed by atoms with E-state index in [1.165, 1.54) is 109 Å². The van der Waals surface area contributed by atoms with Crippen molar-refractivity contribution in [1.29, 1.82) is 0 Å². The first-order valence-corrected chi connectivity index (χ1v) is 33.0. The Labute approximate surface area is 371 Å². The van der Waals surface area contributed by atoms with Gasteiger partial charge in [-0.3, -0.25) is 0 Å². The molecule has 0 saturated heterocycles. The molecule has 9 aromatic rings. The molecule has 0 atom stereocenters. The summed E-state index contributed by atoms with van der Waals surface area (Å²) in [5.41, 5.74) is 13.9. The second-order valence-corrected chi connectivity index (χ2v) is 36.8. The van der Waals surface area contributed by atoms with Crippen LogP contribution in [0.3, 0.4) is 0 Å². The van der Waals surface area contributed by atoms with Gasteiger partial charge in [0.2, 0.25) is 0 Å². The van der Waals surface area contributed by atoms with E-state index in [0.29, 0.717) is 0 Å². The summed E-state index contributed by atoms with van der Waals surface area (Å²) in [6, 6.07) is 56.7. The Kier molecular flexibility index (Phi) is 9.18. The predicted octanol–water partition coefficient (Wildman–Crippen LogP) is 14.8. The smallest absolute Gasteiger partial charge is 0.0784 e. The van der Waals surface area contributed by atoms with Crippen molar-refractivity contribution >= 4 is 100 Å². The number of hydrogen-bond acceptors (Lipinski definition) is 1. The van der Waals surface area contributed by atoms with E-state index >= 15 is 0 Å². The van der Waals surface area contributed by atoms with Gasteiger partial charge < -0.3 is 9.47 Å². The molecular formula is C57H60N2Si3. The summed E-state index contributed by atoms with van der Waals surface area (Å²) in [5.74, 6) is 0. The number of rotatable bonds is 7. The highest BCUT2D eigenvalue weighted by Crippen LogP contribution is 2.54. The molecule has 0 unspecified atom stereocenters. The normalized spacial score (nSPS) is 13.9. The molecule has 0 saturated carbocycles. The van der Waals surface area contributed by atoms with Gasteiger partial charge in [0.15, 0.2) is 0 Å². The van der Waals surface area contributed by atoms with Crippen LogP contribution in [0.4, 0.5) is 17.1 Å². The van der Waals surface area contributed by atoms with Gasteiger partial charge in [-0.05, 0) is 88.5 Å². The highest BCUT2D eigenvalue weighted by Gasteiger charge is 2.38. The van der Waals surface area contributed by atoms with Gasteiger partial charge in [0, 0.05) is 38.3 Å². The monoisotopic (exact) mass is 856 g/mol. The average Bonchev–Trinajstić information content (AvgIpc) is 3.67. The third-order valence-electron chi connectivity index (χ3n) is 13.9. The lowest BCUT2D eigenvalue weighted by Gasteiger charge is -2.30. The molecule has 8 aromatic carbocycles. The largest absolute Gasteiger partial charge is 0.310 e. The van der Waals surface area contributed by atoms with Crippen LogP contribution in [0.15, 0.2) is 146 Å². The maximum Gasteiger partial charge on any atom is 0.0784 e. The van der Waals surface area contributed by atoms with Gasteiger partial charge in [0.1, 0.15) is 0 Å². The summed E-state index contributed by atoms with van der Waals surface area (Å²) >= 11 is 0. The lowest BCUT2D eigenvalue weighted by atomic mass is 9.81. The molecule has 1 aliphatic rings. The summed E-state index contributed by atoms with van der Waals surface area (Å²) in [5, 5.41) is 12.5. The number of anilines is 3. The van der Waals surface area contributed by atoms with E-state index in [4.69, 9.17) is 0 Å². The van der Waals surface area contributed by atoms with E-state index < -0.39 is 24.2 Å². The van der Waals surface area contributed by atoms with Crippen molar-refractivity contribution in [2.24, 2.45) is 0 Å². The van der Waals surface area contributed by atoms with Crippen molar-refractivity contribution in [1.82, 2.24) is 4.57 Å². The summed E-state index contributed by atoms with van der Waals surface area (Å²) in [6.45, 7) is 29.2. The molecule has 0 fully saturated rings. The number of benzene rings is 8. The van der Waals surface area contributed by atoms with Gasteiger partial charge in [0.05, 0.1) is 46.6 Å². The molecule has 5 heteroatoms. The van der Waals surface area contributed by atoms with E-state index in [1.807, 2.05) is 0 Å². The standard InChI is InChI=1S/C57H60N2Si3/c1-37-21-23-38(24-22-37)58(51-31-32-55(62(10,11)12)44-19-15-13-17-42(44)51)39-25-28-46-49(33-39)57(2,3)50-36-54(43-18-14-16-20-45(43)56(46)50)59-52-29-26-40(60(4,5)6)34-47(52)48-35-41(61(7,8)9)27-30-53(48)59/h13-36H,1-12H3. The van der Waals surface area contributed by atoms with Crippen LogP contribution in [0.1, 0.15) is 30.5 Å². The van der Waals surface area contributed by atoms with Crippen molar-refractivity contribution in [3.63, 3.8) is 0 Å². The highest BCUT2D eigenvalue weighted by molar-refractivity contribution is 6.90. The van der Waals surface area contributed by atoms with E-state index in [0.717, 1.165) is 0 Å². The molecule has 62 heavy (non-hydrogen) atoms. The van der Waals surface area contributed by atoms with Gasteiger partial charge in [-0.2, -0.15) is 0 Å². The average molecular weight is 857 g/mol. The van der Waals surface area contributed by atoms with E-state index in [1.54, 1.807) is 0 Å². The van der Waals surface area contributed by atoms with Crippen molar-refractivity contribution in [2.45, 2.75) is 85.1 Å². The van der Waals surface area contributed by atoms with Gasteiger partial charge in [-0.1, -0.05) is 191 Å². The summed E-state index contributed by atoms with van der Waals surface area (Å²) < 4.78 is 2.59. The lowest BCUT2D eigenvalue weighted by molar-refractivity contribution is 0.660. The molecule has 1 aliphatic carbocycles. The molecule has 0 spiro atoms. The van der Waals surface area contributed by atoms with Crippen molar-refractivity contribution in [3.05, 3.63) is 162 Å². The molecule has 0 radical (unpaired) electrons. The molecule has 0 bridgehead atoms. The molecule has 310 valence electrons. The molecule has 0 aliphatic heterocycles. The highest BCUT2D eigenvalue weighted by atomic mass is 28.3. The van der Waals surface area contributed by atoms with Crippen molar-refractivity contribution < 1.29 is 0 Å². The molecule has 1 heterocycles. The van der Waals surface area contributed by atoms with E-state index in [-0.39, 0.29) is 5.41 Å². The Morgan fingerprint density at radius 2 is 1.00 bits per heavy atom. The third kappa shape index (κ3) is 6.38. The van der Waals surface area contributed by atoms with Crippen molar-refractivity contribution in [2.75, 3.05) is 4.90 Å². The van der Waals surface area contributed by atoms with Crippen LogP contribution in [0.25, 0.3) is 60.2 Å². The SMILES string of the molecule is Cc1ccc(N(c2ccc3c(c2)C(C)(C)c2cc(-n4c5ccc([Si](C)(C)C)cc5c5cc([Si](C)(C)C)ccc54)c4ccccc4c2-3)c2ccc([Si](C)(C)C)c3ccccc23)cc1. The Morgan fingerprint density at radius 3 is 1.58 bits per heavy atom. The van der Waals surface area contributed by atoms with Crippen LogP contribution < -0.4 is 20.5 Å². The number of aryl methyl sites for hydroxylation is 1. The van der Waals surface area contributed by atoms with E-state index in [2.05, 4.69) is 235 Å². The number of nitrogens with zero attached hydrogens (tertiary/aromatic N) is 2. The second kappa shape index (κ2) is 14.0. The van der Waals surface area contributed by atoms with Gasteiger partial charge in [-0.25, -0.2) is 0 Å². The third-order valence-corrected chi connectivity index (χ3v) is 20.0. The second-order valence-electron chi connectivity index (χ2n) is 21.6. The lowest BCUT2D eigenvalue weighted by Crippen LogP contribution is -2.38. The molecular weight excluding hydrogens is 797 g/mol. The molecule has 2 nitrogen and oxygen atoms in total. The number of fused-ring (bicyclic) bond motifs is 9. The van der Waals surface area contributed by atoms with Crippen LogP contribution in [-0.4, -0.2) is 28.8 Å². The fourth-order valence-electron chi connectivity index (χ4n) is 10.3. The van der Waals surface area contributed by atoms with Crippen LogP contribution in [0, 0.1) is 6.92 Å². The van der Waals surface area contributed by atoms with Gasteiger partial charge in [0.25, 0.3) is 0 Å². The molecule has 10 rings (SSSR count). The Morgan fingerprint density at radius 1 is 0.452 bits per heavy atom. The minimum absolute atomic E-state index is 0.253. The van der Waals surface area contributed by atoms with Crippen LogP contribution in [0.2, 0.25) is 58.9 Å². The summed E-state index contributed by atoms with van der Waals surface area (Å²) in [4.78, 5) is 2.50. The van der Waals surface area contributed by atoms with E-state index in [9.17, 15) is 0 Å². The fraction of sp³-hybridized carbons (Fsp3) is 0.228. The summed E-state index contributed by atoms with van der Waals surface area (Å²) in [7, 11) is -4.72. The Balaban J connectivity index is 1.20. The zero-order valence-electron chi connectivity index (χ0n) is 38.8. The van der Waals surface area contributed by atoms with Crippen molar-refractivity contribution in [3.8, 4) is 16.8 Å². The van der Waals surface area contributed by atoms with Crippen LogP contribution >= 0.6 is 0 Å². The number of hydrogen-bond donors (Lipinski definition) is 0. The first kappa shape index (κ1) is 40.6. The minimum atomic E-state index is -1.61. The maximum atomic E-state index is 2.59. The quantitative estimate of drug-likeness (QED) is 0.145. The molecule has 1 aromatic heterocycles.